The maximum atomic E-state index is 10.7. The van der Waals surface area contributed by atoms with Gasteiger partial charge in [-0.3, -0.25) is 4.79 Å². The molecule has 1 aromatic carbocycles. The maximum absolute atomic E-state index is 10.7. The van der Waals surface area contributed by atoms with E-state index in [1.165, 1.54) is 10.5 Å². The largest absolute Gasteiger partial charge is 0.480 e. The molecule has 1 aliphatic rings. The van der Waals surface area contributed by atoms with Crippen molar-refractivity contribution < 1.29 is 9.90 Å². The zero-order chi connectivity index (χ0) is 11.5. The number of hydrogen-bond acceptors (Lipinski definition) is 3. The molecule has 16 heavy (non-hydrogen) atoms. The van der Waals surface area contributed by atoms with Crippen LogP contribution < -0.4 is 5.32 Å². The zero-order valence-corrected chi connectivity index (χ0v) is 9.96. The number of rotatable bonds is 4. The van der Waals surface area contributed by atoms with E-state index in [1.54, 1.807) is 6.92 Å². The third-order valence-electron chi connectivity index (χ3n) is 2.74. The van der Waals surface area contributed by atoms with Crippen molar-refractivity contribution in [2.75, 3.05) is 6.54 Å². The highest BCUT2D eigenvalue weighted by molar-refractivity contribution is 8.00. The first kappa shape index (κ1) is 11.5. The quantitative estimate of drug-likeness (QED) is 0.838. The van der Waals surface area contributed by atoms with Crippen molar-refractivity contribution >= 4 is 17.7 Å². The van der Waals surface area contributed by atoms with Gasteiger partial charge in [-0.25, -0.2) is 0 Å². The number of fused-ring (bicyclic) bond motifs is 1. The van der Waals surface area contributed by atoms with Crippen molar-refractivity contribution in [3.8, 4) is 0 Å². The Morgan fingerprint density at radius 1 is 1.62 bits per heavy atom. The fraction of sp³-hybridized carbons (Fsp3) is 0.417. The van der Waals surface area contributed by atoms with Crippen molar-refractivity contribution in [1.82, 2.24) is 5.32 Å². The van der Waals surface area contributed by atoms with Gasteiger partial charge in [-0.1, -0.05) is 18.2 Å². The molecular weight excluding hydrogens is 222 g/mol. The minimum atomic E-state index is -0.791. The van der Waals surface area contributed by atoms with Gasteiger partial charge in [-0.15, -0.1) is 11.8 Å². The van der Waals surface area contributed by atoms with Crippen LogP contribution in [0.25, 0.3) is 0 Å². The molecule has 0 saturated carbocycles. The summed E-state index contributed by atoms with van der Waals surface area (Å²) in [5.41, 5.74) is 1.38. The van der Waals surface area contributed by atoms with Crippen LogP contribution in [0.1, 0.15) is 12.5 Å². The topological polar surface area (TPSA) is 49.3 Å². The summed E-state index contributed by atoms with van der Waals surface area (Å²) in [6.45, 7) is 2.42. The van der Waals surface area contributed by atoms with Crippen LogP contribution in [-0.2, 0) is 11.2 Å². The third kappa shape index (κ3) is 2.57. The van der Waals surface area contributed by atoms with Crippen LogP contribution in [-0.4, -0.2) is 28.9 Å². The molecule has 86 valence electrons. The molecular formula is C12H15NO2S. The van der Waals surface area contributed by atoms with Crippen LogP contribution in [0.3, 0.4) is 0 Å². The molecule has 0 saturated heterocycles. The second-order valence-electron chi connectivity index (χ2n) is 4.02. The molecule has 2 N–H and O–H groups in total. The second kappa shape index (κ2) is 4.89. The van der Waals surface area contributed by atoms with Gasteiger partial charge in [0.05, 0.1) is 0 Å². The molecule has 0 amide bonds. The smallest absolute Gasteiger partial charge is 0.320 e. The molecule has 0 aromatic heterocycles. The fourth-order valence-electron chi connectivity index (χ4n) is 1.76. The summed E-state index contributed by atoms with van der Waals surface area (Å²) >= 11 is 1.83. The number of carbonyl (C=O) groups is 1. The van der Waals surface area contributed by atoms with Crippen molar-refractivity contribution in [1.29, 1.82) is 0 Å². The predicted octanol–water partition coefficient (Wildman–Crippen LogP) is 1.77. The van der Waals surface area contributed by atoms with E-state index in [0.717, 1.165) is 13.0 Å². The van der Waals surface area contributed by atoms with E-state index in [-0.39, 0.29) is 0 Å². The van der Waals surface area contributed by atoms with E-state index < -0.39 is 12.0 Å². The highest BCUT2D eigenvalue weighted by atomic mass is 32.2. The number of nitrogens with one attached hydrogen (secondary N) is 1. The summed E-state index contributed by atoms with van der Waals surface area (Å²) in [7, 11) is 0. The minimum Gasteiger partial charge on any atom is -0.480 e. The van der Waals surface area contributed by atoms with Crippen LogP contribution in [0.15, 0.2) is 29.2 Å². The highest BCUT2D eigenvalue weighted by Gasteiger charge is 2.22. The van der Waals surface area contributed by atoms with E-state index in [2.05, 4.69) is 23.5 Å². The van der Waals surface area contributed by atoms with Gasteiger partial charge in [-0.05, 0) is 25.0 Å². The maximum Gasteiger partial charge on any atom is 0.320 e. The Labute approximate surface area is 99.2 Å². The summed E-state index contributed by atoms with van der Waals surface area (Å²) < 4.78 is 0. The van der Waals surface area contributed by atoms with Crippen molar-refractivity contribution in [3.05, 3.63) is 29.8 Å². The molecule has 0 aliphatic carbocycles. The molecule has 1 aromatic rings. The first-order valence-electron chi connectivity index (χ1n) is 5.37. The Morgan fingerprint density at radius 3 is 3.06 bits per heavy atom. The zero-order valence-electron chi connectivity index (χ0n) is 9.14. The van der Waals surface area contributed by atoms with Crippen LogP contribution >= 0.6 is 11.8 Å². The Morgan fingerprint density at radius 2 is 2.38 bits per heavy atom. The van der Waals surface area contributed by atoms with Gasteiger partial charge >= 0.3 is 5.97 Å². The van der Waals surface area contributed by atoms with Gasteiger partial charge in [0.25, 0.3) is 0 Å². The van der Waals surface area contributed by atoms with Crippen molar-refractivity contribution in [2.24, 2.45) is 0 Å². The lowest BCUT2D eigenvalue weighted by molar-refractivity contribution is -0.138. The normalized spacial score (nSPS) is 20.4. The van der Waals surface area contributed by atoms with Crippen LogP contribution in [0.2, 0.25) is 0 Å². The van der Waals surface area contributed by atoms with E-state index in [0.29, 0.717) is 5.25 Å². The lowest BCUT2D eigenvalue weighted by Gasteiger charge is -2.12. The summed E-state index contributed by atoms with van der Waals surface area (Å²) in [5.74, 6) is -0.791. The monoisotopic (exact) mass is 237 g/mol. The minimum absolute atomic E-state index is 0.458. The van der Waals surface area contributed by atoms with Gasteiger partial charge in [0, 0.05) is 16.7 Å². The van der Waals surface area contributed by atoms with E-state index in [1.807, 2.05) is 17.8 Å². The van der Waals surface area contributed by atoms with Crippen molar-refractivity contribution in [2.45, 2.75) is 29.5 Å². The predicted molar refractivity (Wildman–Crippen MR) is 64.9 cm³/mol. The van der Waals surface area contributed by atoms with E-state index >= 15 is 0 Å². The van der Waals surface area contributed by atoms with Gasteiger partial charge in [0.1, 0.15) is 6.04 Å². The number of benzene rings is 1. The number of hydrogen-bond donors (Lipinski definition) is 2. The SMILES string of the molecule is C[C@@H](NCC1Cc2ccccc2S1)C(=O)O. The summed E-state index contributed by atoms with van der Waals surface area (Å²) in [5, 5.41) is 12.3. The fourth-order valence-corrected chi connectivity index (χ4v) is 3.02. The summed E-state index contributed by atoms with van der Waals surface area (Å²) in [4.78, 5) is 12.0. The number of thioether (sulfide) groups is 1. The van der Waals surface area contributed by atoms with Crippen LogP contribution in [0.5, 0.6) is 0 Å². The Balaban J connectivity index is 1.86. The van der Waals surface area contributed by atoms with Gasteiger partial charge in [0.15, 0.2) is 0 Å². The lowest BCUT2D eigenvalue weighted by atomic mass is 10.1. The third-order valence-corrected chi connectivity index (χ3v) is 4.05. The highest BCUT2D eigenvalue weighted by Crippen LogP contribution is 2.36. The molecule has 1 aliphatic heterocycles. The molecule has 4 heteroatoms. The first-order valence-corrected chi connectivity index (χ1v) is 6.25. The lowest BCUT2D eigenvalue weighted by Crippen LogP contribution is -2.37. The summed E-state index contributed by atoms with van der Waals surface area (Å²) in [6, 6.07) is 7.89. The van der Waals surface area contributed by atoms with Crippen LogP contribution in [0.4, 0.5) is 0 Å². The summed E-state index contributed by atoms with van der Waals surface area (Å²) in [6.07, 6.45) is 1.03. The molecule has 2 rings (SSSR count). The van der Waals surface area contributed by atoms with Gasteiger partial charge < -0.3 is 10.4 Å². The second-order valence-corrected chi connectivity index (χ2v) is 5.36. The molecule has 2 atom stereocenters. The van der Waals surface area contributed by atoms with Crippen molar-refractivity contribution in [3.63, 3.8) is 0 Å². The first-order chi connectivity index (χ1) is 7.66. The average molecular weight is 237 g/mol. The van der Waals surface area contributed by atoms with Gasteiger partial charge in [0.2, 0.25) is 0 Å². The standard InChI is InChI=1S/C12H15NO2S/c1-8(12(14)15)13-7-10-6-9-4-2-3-5-11(9)16-10/h2-5,8,10,13H,6-7H2,1H3,(H,14,15)/t8-,10?/m1/s1. The number of carboxylic acid groups (broad SMARTS) is 1. The van der Waals surface area contributed by atoms with Crippen LogP contribution in [0, 0.1) is 0 Å². The molecule has 3 nitrogen and oxygen atoms in total. The molecule has 1 unspecified atom stereocenters. The molecule has 0 spiro atoms. The molecule has 0 radical (unpaired) electrons. The number of carboxylic acids is 1. The van der Waals surface area contributed by atoms with E-state index in [9.17, 15) is 4.79 Å². The number of aliphatic carboxylic acids is 1. The van der Waals surface area contributed by atoms with E-state index in [4.69, 9.17) is 5.11 Å². The molecule has 0 bridgehead atoms. The Kier molecular flexibility index (Phi) is 3.51. The molecule has 1 heterocycles. The Bertz CT molecular complexity index is 369. The van der Waals surface area contributed by atoms with Gasteiger partial charge in [-0.2, -0.15) is 0 Å². The Hall–Kier alpha value is -1.00. The molecule has 0 fully saturated rings. The average Bonchev–Trinajstić information content (AvgIpc) is 2.68.